The number of esters is 1. The molecule has 0 amide bonds. The summed E-state index contributed by atoms with van der Waals surface area (Å²) in [6, 6.07) is 0. The van der Waals surface area contributed by atoms with Gasteiger partial charge in [0.25, 0.3) is 0 Å². The molecule has 3 rings (SSSR count). The van der Waals surface area contributed by atoms with E-state index in [4.69, 9.17) is 17.9 Å². The van der Waals surface area contributed by atoms with Crippen molar-refractivity contribution in [2.45, 2.75) is 45.2 Å². The van der Waals surface area contributed by atoms with Gasteiger partial charge in [0.05, 0.1) is 0 Å². The van der Waals surface area contributed by atoms with E-state index < -0.39 is 5.66 Å². The molecule has 0 aliphatic heterocycles. The fraction of sp³-hybridized carbons (Fsp3) is 0.476. The zero-order chi connectivity index (χ0) is 18.2. The van der Waals surface area contributed by atoms with Gasteiger partial charge in [-0.25, -0.2) is 22.8 Å². The van der Waals surface area contributed by atoms with Crippen LogP contribution in [-0.2, 0) is 9.53 Å². The molecule has 0 spiro atoms. The molecule has 0 fully saturated rings. The largest absolute Gasteiger partial charge is 0.510 e. The first kappa shape index (κ1) is 17.2. The molecular weight excluding hydrogens is 312 g/mol. The lowest BCUT2D eigenvalue weighted by molar-refractivity contribution is -0.139. The van der Waals surface area contributed by atoms with Crippen LogP contribution < -0.4 is 0 Å². The van der Waals surface area contributed by atoms with Crippen LogP contribution in [0, 0.1) is 25.0 Å². The van der Waals surface area contributed by atoms with Gasteiger partial charge in [-0.3, -0.25) is 4.79 Å². The first-order chi connectivity index (χ1) is 11.9. The zero-order valence-electron chi connectivity index (χ0n) is 14.8. The summed E-state index contributed by atoms with van der Waals surface area (Å²) in [7, 11) is 0. The predicted molar refractivity (Wildman–Crippen MR) is 96.0 cm³/mol. The lowest BCUT2D eigenvalue weighted by atomic mass is 9.76. The molecule has 0 aromatic carbocycles. The Hall–Kier alpha value is -2.59. The van der Waals surface area contributed by atoms with Crippen molar-refractivity contribution in [2.24, 2.45) is 11.8 Å². The topological polar surface area (TPSA) is 35.0 Å². The molecule has 0 N–H and O–H groups in total. The number of allylic oxidation sites excluding steroid dienone is 3. The molecule has 2 atom stereocenters. The molecule has 0 unspecified atom stereocenters. The van der Waals surface area contributed by atoms with Crippen LogP contribution in [0.4, 0.5) is 0 Å². The Kier molecular flexibility index (Phi) is 4.39. The fourth-order valence-corrected chi connectivity index (χ4v) is 4.17. The highest BCUT2D eigenvalue weighted by Crippen LogP contribution is 2.50. The third-order valence-electron chi connectivity index (χ3n) is 5.46. The Bertz CT molecular complexity index is 800. The Morgan fingerprint density at radius 3 is 2.80 bits per heavy atom. The highest BCUT2D eigenvalue weighted by Gasteiger charge is 2.55. The van der Waals surface area contributed by atoms with Crippen LogP contribution in [0.15, 0.2) is 46.6 Å². The molecule has 128 valence electrons. The Balaban J connectivity index is 2.12. The first-order valence-corrected chi connectivity index (χ1v) is 8.62. The molecule has 3 aliphatic rings. The maximum atomic E-state index is 11.2. The van der Waals surface area contributed by atoms with E-state index in [2.05, 4.69) is 35.3 Å². The number of hydrogen-bond acceptors (Lipinski definition) is 2. The number of rotatable bonds is 2. The molecule has 3 aliphatic carbocycles. The maximum absolute atomic E-state index is 11.2. The molecule has 0 heterocycles. The third-order valence-corrected chi connectivity index (χ3v) is 5.46. The number of nitrogens with zero attached hydrogens (tertiary/aromatic N) is 2. The van der Waals surface area contributed by atoms with Crippen LogP contribution in [0.3, 0.4) is 0 Å². The molecule has 0 bridgehead atoms. The molecule has 0 radical (unpaired) electrons. The first-order valence-electron chi connectivity index (χ1n) is 8.62. The Morgan fingerprint density at radius 2 is 2.16 bits per heavy atom. The van der Waals surface area contributed by atoms with Crippen LogP contribution in [0.1, 0.15) is 39.5 Å². The van der Waals surface area contributed by atoms with Crippen molar-refractivity contribution in [3.05, 3.63) is 69.4 Å². The molecule has 25 heavy (non-hydrogen) atoms. The van der Waals surface area contributed by atoms with Gasteiger partial charge >= 0.3 is 11.6 Å². The van der Waals surface area contributed by atoms with E-state index in [1.807, 2.05) is 0 Å². The van der Waals surface area contributed by atoms with E-state index >= 15 is 0 Å². The van der Waals surface area contributed by atoms with Crippen molar-refractivity contribution < 1.29 is 9.53 Å². The summed E-state index contributed by atoms with van der Waals surface area (Å²) < 4.78 is 5.20. The van der Waals surface area contributed by atoms with E-state index in [1.165, 1.54) is 6.92 Å². The van der Waals surface area contributed by atoms with Gasteiger partial charge in [0.15, 0.2) is 0 Å². The molecule has 0 aromatic rings. The number of ether oxygens (including phenoxy) is 1. The van der Waals surface area contributed by atoms with Gasteiger partial charge in [0.1, 0.15) is 18.6 Å². The van der Waals surface area contributed by atoms with Crippen molar-refractivity contribution >= 4 is 5.97 Å². The van der Waals surface area contributed by atoms with Gasteiger partial charge in [-0.1, -0.05) is 25.7 Å². The van der Waals surface area contributed by atoms with E-state index in [1.54, 1.807) is 0 Å². The molecule has 0 aromatic heterocycles. The van der Waals surface area contributed by atoms with Crippen molar-refractivity contribution in [1.82, 2.24) is 0 Å². The molecule has 0 saturated heterocycles. The van der Waals surface area contributed by atoms with Gasteiger partial charge < -0.3 is 4.74 Å². The summed E-state index contributed by atoms with van der Waals surface area (Å²) in [4.78, 5) is 18.8. The van der Waals surface area contributed by atoms with E-state index in [0.29, 0.717) is 12.3 Å². The van der Waals surface area contributed by atoms with Crippen LogP contribution in [0.25, 0.3) is 9.69 Å². The van der Waals surface area contributed by atoms with E-state index in [9.17, 15) is 4.79 Å². The summed E-state index contributed by atoms with van der Waals surface area (Å²) in [5.74, 6) is 0.356. The average molecular weight is 334 g/mol. The summed E-state index contributed by atoms with van der Waals surface area (Å²) in [6.07, 6.45) is 7.33. The SMILES string of the molecule is [C-]#[N+]C1([N+]#[C-])CC2=C(COC(C)=O)C(=C)CC2=C[C@@H]2C[C@@H](C)CC=C21. The number of fused-ring (bicyclic) bond motifs is 2. The van der Waals surface area contributed by atoms with Crippen LogP contribution >= 0.6 is 0 Å². The second kappa shape index (κ2) is 6.37. The van der Waals surface area contributed by atoms with E-state index in [0.717, 1.165) is 47.1 Å². The zero-order valence-corrected chi connectivity index (χ0v) is 14.8. The Labute approximate surface area is 149 Å². The van der Waals surface area contributed by atoms with E-state index in [-0.39, 0.29) is 18.5 Å². The minimum absolute atomic E-state index is 0.139. The summed E-state index contributed by atoms with van der Waals surface area (Å²) in [5, 5.41) is 0. The third kappa shape index (κ3) is 2.94. The van der Waals surface area contributed by atoms with Crippen LogP contribution in [-0.4, -0.2) is 18.2 Å². The quantitative estimate of drug-likeness (QED) is 0.419. The average Bonchev–Trinajstić information content (AvgIpc) is 2.78. The highest BCUT2D eigenvalue weighted by molar-refractivity contribution is 5.67. The van der Waals surface area contributed by atoms with Gasteiger partial charge in [-0.05, 0) is 47.5 Å². The normalized spacial score (nSPS) is 27.1. The van der Waals surface area contributed by atoms with Crippen molar-refractivity contribution in [2.75, 3.05) is 6.61 Å². The lowest BCUT2D eigenvalue weighted by Gasteiger charge is -2.25. The van der Waals surface area contributed by atoms with Crippen molar-refractivity contribution in [3.8, 4) is 0 Å². The van der Waals surface area contributed by atoms with Gasteiger partial charge in [-0.15, -0.1) is 0 Å². The predicted octanol–water partition coefficient (Wildman–Crippen LogP) is 4.64. The number of carbonyl (C=O) groups excluding carboxylic acids is 1. The second-order valence-electron chi connectivity index (χ2n) is 7.27. The van der Waals surface area contributed by atoms with Crippen molar-refractivity contribution in [3.63, 3.8) is 0 Å². The lowest BCUT2D eigenvalue weighted by Crippen LogP contribution is -2.29. The Morgan fingerprint density at radius 1 is 1.44 bits per heavy atom. The highest BCUT2D eigenvalue weighted by atomic mass is 16.5. The number of hydrogen-bond donors (Lipinski definition) is 0. The molecule has 4 nitrogen and oxygen atoms in total. The molecule has 0 saturated carbocycles. The monoisotopic (exact) mass is 334 g/mol. The minimum atomic E-state index is -1.18. The van der Waals surface area contributed by atoms with Gasteiger partial charge in [0, 0.05) is 12.8 Å². The minimum Gasteiger partial charge on any atom is -0.461 e. The van der Waals surface area contributed by atoms with Crippen molar-refractivity contribution in [1.29, 1.82) is 0 Å². The summed E-state index contributed by atoms with van der Waals surface area (Å²) >= 11 is 0. The fourth-order valence-electron chi connectivity index (χ4n) is 4.17. The second-order valence-corrected chi connectivity index (χ2v) is 7.27. The van der Waals surface area contributed by atoms with Crippen LogP contribution in [0.2, 0.25) is 0 Å². The molecule has 4 heteroatoms. The summed E-state index contributed by atoms with van der Waals surface area (Å²) in [5.41, 5.74) is 3.76. The van der Waals surface area contributed by atoms with Crippen LogP contribution in [0.5, 0.6) is 0 Å². The van der Waals surface area contributed by atoms with Gasteiger partial charge in [-0.2, -0.15) is 0 Å². The van der Waals surface area contributed by atoms with Gasteiger partial charge in [0.2, 0.25) is 0 Å². The maximum Gasteiger partial charge on any atom is 0.510 e. The number of carbonyl (C=O) groups is 1. The summed E-state index contributed by atoms with van der Waals surface area (Å²) in [6.45, 7) is 23.4. The standard InChI is InChI=1S/C21H22N2O2/c1-13-6-7-20-17(8-13)10-16-9-14(2)19(12-25-15(3)24)18(16)11-21(20,22-4)23-5/h7,10,13,17H,2,6,8-9,11-12H2,1,3H3/t13-,17-/m0/s1. The molecular formula is C21H22N2O2. The smallest absolute Gasteiger partial charge is 0.461 e.